The first kappa shape index (κ1) is 16.8. The predicted octanol–water partition coefficient (Wildman–Crippen LogP) is 4.23. The lowest BCUT2D eigenvalue weighted by Gasteiger charge is -2.14. The van der Waals surface area contributed by atoms with Crippen LogP contribution in [0.3, 0.4) is 0 Å². The Morgan fingerprint density at radius 3 is 2.38 bits per heavy atom. The molecule has 3 nitrogen and oxygen atoms in total. The maximum Gasteiger partial charge on any atom is 0.433 e. The highest BCUT2D eigenvalue weighted by atomic mass is 19.4. The topological polar surface area (TPSA) is 29.0 Å². The van der Waals surface area contributed by atoms with Gasteiger partial charge < -0.3 is 0 Å². The van der Waals surface area contributed by atoms with Gasteiger partial charge in [-0.3, -0.25) is 9.88 Å². The number of halogens is 4. The predicted molar refractivity (Wildman–Crippen MR) is 81.8 cm³/mol. The Labute approximate surface area is 137 Å². The van der Waals surface area contributed by atoms with Crippen molar-refractivity contribution in [3.8, 4) is 11.3 Å². The van der Waals surface area contributed by atoms with E-state index in [0.717, 1.165) is 30.9 Å². The van der Waals surface area contributed by atoms with Crippen molar-refractivity contribution in [2.75, 3.05) is 13.1 Å². The summed E-state index contributed by atoms with van der Waals surface area (Å²) in [5, 5.41) is 0. The van der Waals surface area contributed by atoms with Gasteiger partial charge in [-0.25, -0.2) is 9.37 Å². The van der Waals surface area contributed by atoms with Gasteiger partial charge in [0.1, 0.15) is 12.4 Å². The molecule has 0 bridgehead atoms. The molecular weight excluding hydrogens is 322 g/mol. The zero-order valence-electron chi connectivity index (χ0n) is 13.0. The van der Waals surface area contributed by atoms with Crippen molar-refractivity contribution in [3.05, 3.63) is 47.4 Å². The largest absolute Gasteiger partial charge is 0.433 e. The van der Waals surface area contributed by atoms with Crippen LogP contribution in [0.25, 0.3) is 11.3 Å². The first-order chi connectivity index (χ1) is 11.5. The summed E-state index contributed by atoms with van der Waals surface area (Å²) in [7, 11) is 0. The molecule has 3 rings (SSSR count). The number of hydrogen-bond acceptors (Lipinski definition) is 3. The van der Waals surface area contributed by atoms with Gasteiger partial charge in [0.05, 0.1) is 11.4 Å². The Hall–Kier alpha value is -2.02. The van der Waals surface area contributed by atoms with E-state index in [9.17, 15) is 17.6 Å². The average Bonchev–Trinajstić information content (AvgIpc) is 3.07. The number of hydrogen-bond donors (Lipinski definition) is 0. The molecule has 0 atom stereocenters. The van der Waals surface area contributed by atoms with Crippen LogP contribution in [-0.4, -0.2) is 28.0 Å². The SMILES string of the molecule is FCc1ccc(C(F)(F)F)nc1-c1ccc(CN2CCCC2)nc1. The van der Waals surface area contributed by atoms with E-state index in [1.165, 1.54) is 19.0 Å². The van der Waals surface area contributed by atoms with Crippen LogP contribution >= 0.6 is 0 Å². The molecule has 3 heterocycles. The Morgan fingerprint density at radius 2 is 1.79 bits per heavy atom. The molecule has 0 amide bonds. The van der Waals surface area contributed by atoms with E-state index < -0.39 is 18.5 Å². The molecule has 1 fully saturated rings. The number of alkyl halides is 4. The van der Waals surface area contributed by atoms with Gasteiger partial charge in [-0.2, -0.15) is 13.2 Å². The number of nitrogens with zero attached hydrogens (tertiary/aromatic N) is 3. The van der Waals surface area contributed by atoms with Crippen LogP contribution in [0.5, 0.6) is 0 Å². The molecule has 0 aliphatic carbocycles. The van der Waals surface area contributed by atoms with Gasteiger partial charge in [0.25, 0.3) is 0 Å². The van der Waals surface area contributed by atoms with E-state index in [1.54, 1.807) is 12.1 Å². The van der Waals surface area contributed by atoms with Gasteiger partial charge in [-0.1, -0.05) is 6.07 Å². The second kappa shape index (κ2) is 6.84. The molecule has 24 heavy (non-hydrogen) atoms. The third-order valence-electron chi connectivity index (χ3n) is 4.10. The van der Waals surface area contributed by atoms with Crippen molar-refractivity contribution < 1.29 is 17.6 Å². The molecule has 7 heteroatoms. The normalized spacial score (nSPS) is 15.8. The summed E-state index contributed by atoms with van der Waals surface area (Å²) in [4.78, 5) is 10.2. The van der Waals surface area contributed by atoms with Crippen molar-refractivity contribution in [2.45, 2.75) is 32.2 Å². The molecule has 0 radical (unpaired) electrons. The Bertz CT molecular complexity index is 692. The molecule has 2 aromatic heterocycles. The molecule has 0 N–H and O–H groups in total. The monoisotopic (exact) mass is 339 g/mol. The summed E-state index contributed by atoms with van der Waals surface area (Å²) in [5.74, 6) is 0. The molecule has 1 saturated heterocycles. The maximum absolute atomic E-state index is 13.1. The molecule has 0 spiro atoms. The van der Waals surface area contributed by atoms with Crippen molar-refractivity contribution in [1.29, 1.82) is 0 Å². The molecule has 0 aromatic carbocycles. The number of rotatable bonds is 4. The average molecular weight is 339 g/mol. The Morgan fingerprint density at radius 1 is 1.04 bits per heavy atom. The molecule has 128 valence electrons. The van der Waals surface area contributed by atoms with E-state index in [1.807, 2.05) is 0 Å². The zero-order valence-corrected chi connectivity index (χ0v) is 13.0. The second-order valence-electron chi connectivity index (χ2n) is 5.86. The highest BCUT2D eigenvalue weighted by Crippen LogP contribution is 2.31. The highest BCUT2D eigenvalue weighted by Gasteiger charge is 2.33. The van der Waals surface area contributed by atoms with Crippen LogP contribution in [0, 0.1) is 0 Å². The van der Waals surface area contributed by atoms with Gasteiger partial charge >= 0.3 is 6.18 Å². The van der Waals surface area contributed by atoms with Crippen LogP contribution in [-0.2, 0) is 19.4 Å². The van der Waals surface area contributed by atoms with Gasteiger partial charge in [0.15, 0.2) is 0 Å². The lowest BCUT2D eigenvalue weighted by molar-refractivity contribution is -0.141. The fourth-order valence-corrected chi connectivity index (χ4v) is 2.83. The zero-order chi connectivity index (χ0) is 17.2. The van der Waals surface area contributed by atoms with E-state index in [-0.39, 0.29) is 11.3 Å². The third-order valence-corrected chi connectivity index (χ3v) is 4.10. The molecular formula is C17H17F4N3. The lowest BCUT2D eigenvalue weighted by atomic mass is 10.1. The van der Waals surface area contributed by atoms with E-state index in [0.29, 0.717) is 12.1 Å². The van der Waals surface area contributed by atoms with Crippen molar-refractivity contribution in [2.24, 2.45) is 0 Å². The molecule has 1 aliphatic heterocycles. The maximum atomic E-state index is 13.1. The Balaban J connectivity index is 1.87. The lowest BCUT2D eigenvalue weighted by Crippen LogP contribution is -2.19. The summed E-state index contributed by atoms with van der Waals surface area (Å²) >= 11 is 0. The fourth-order valence-electron chi connectivity index (χ4n) is 2.83. The first-order valence-corrected chi connectivity index (χ1v) is 7.78. The first-order valence-electron chi connectivity index (χ1n) is 7.78. The minimum Gasteiger partial charge on any atom is -0.298 e. The second-order valence-corrected chi connectivity index (χ2v) is 5.86. The fraction of sp³-hybridized carbons (Fsp3) is 0.412. The van der Waals surface area contributed by atoms with Gasteiger partial charge in [0, 0.05) is 23.9 Å². The smallest absolute Gasteiger partial charge is 0.298 e. The van der Waals surface area contributed by atoms with E-state index in [4.69, 9.17) is 0 Å². The van der Waals surface area contributed by atoms with Crippen LogP contribution in [0.15, 0.2) is 30.5 Å². The summed E-state index contributed by atoms with van der Waals surface area (Å²) in [6, 6.07) is 5.34. The summed E-state index contributed by atoms with van der Waals surface area (Å²) in [6.45, 7) is 1.90. The van der Waals surface area contributed by atoms with E-state index >= 15 is 0 Å². The van der Waals surface area contributed by atoms with Crippen LogP contribution in [0.1, 0.15) is 29.8 Å². The Kier molecular flexibility index (Phi) is 4.80. The van der Waals surface area contributed by atoms with Crippen molar-refractivity contribution in [3.63, 3.8) is 0 Å². The van der Waals surface area contributed by atoms with Crippen molar-refractivity contribution in [1.82, 2.24) is 14.9 Å². The van der Waals surface area contributed by atoms with Crippen molar-refractivity contribution >= 4 is 0 Å². The standard InChI is InChI=1S/C17H17F4N3/c18-9-12-4-6-15(17(19,20)21)23-16(12)13-3-5-14(22-10-13)11-24-7-1-2-8-24/h3-6,10H,1-2,7-9,11H2. The summed E-state index contributed by atoms with van der Waals surface area (Å²) < 4.78 is 51.6. The highest BCUT2D eigenvalue weighted by molar-refractivity contribution is 5.62. The number of pyridine rings is 2. The molecule has 2 aromatic rings. The molecule has 1 aliphatic rings. The minimum absolute atomic E-state index is 0.00690. The quantitative estimate of drug-likeness (QED) is 0.781. The van der Waals surface area contributed by atoms with Gasteiger partial charge in [-0.15, -0.1) is 0 Å². The third kappa shape index (κ3) is 3.72. The molecule has 0 saturated carbocycles. The van der Waals surface area contributed by atoms with Crippen LogP contribution in [0.4, 0.5) is 17.6 Å². The van der Waals surface area contributed by atoms with Gasteiger partial charge in [-0.05, 0) is 44.1 Å². The minimum atomic E-state index is -4.56. The van der Waals surface area contributed by atoms with Crippen LogP contribution < -0.4 is 0 Å². The number of likely N-dealkylation sites (tertiary alicyclic amines) is 1. The number of aromatic nitrogens is 2. The molecule has 0 unspecified atom stereocenters. The van der Waals surface area contributed by atoms with Gasteiger partial charge in [0.2, 0.25) is 0 Å². The van der Waals surface area contributed by atoms with E-state index in [2.05, 4.69) is 14.9 Å². The summed E-state index contributed by atoms with van der Waals surface area (Å²) in [5.41, 5.74) is 0.314. The van der Waals surface area contributed by atoms with Crippen LogP contribution in [0.2, 0.25) is 0 Å². The summed E-state index contributed by atoms with van der Waals surface area (Å²) in [6.07, 6.45) is -0.752.